The summed E-state index contributed by atoms with van der Waals surface area (Å²) in [5.41, 5.74) is 7.44. The molecule has 6 rings (SSSR count). The van der Waals surface area contributed by atoms with Gasteiger partial charge in [0.05, 0.1) is 28.7 Å². The van der Waals surface area contributed by atoms with Crippen LogP contribution in [0.4, 0.5) is 14.6 Å². The largest absolute Gasteiger partial charge is 0.421 e. The summed E-state index contributed by atoms with van der Waals surface area (Å²) in [6.45, 7) is 6.19. The molecular weight excluding hydrogens is 428 g/mol. The number of aromatic amines is 1. The van der Waals surface area contributed by atoms with Crippen molar-refractivity contribution in [1.29, 1.82) is 0 Å². The Kier molecular flexibility index (Phi) is 4.34. The van der Waals surface area contributed by atoms with Crippen LogP contribution in [0.15, 0.2) is 25.0 Å². The highest BCUT2D eigenvalue weighted by molar-refractivity contribution is 6.13. The predicted molar refractivity (Wildman–Crippen MR) is 120 cm³/mol. The average molecular weight is 449 g/mol. The van der Waals surface area contributed by atoms with E-state index in [-0.39, 0.29) is 23.5 Å². The van der Waals surface area contributed by atoms with Crippen LogP contribution in [0.1, 0.15) is 24.2 Å². The average Bonchev–Trinajstić information content (AvgIpc) is 3.49. The van der Waals surface area contributed by atoms with Crippen LogP contribution in [0.5, 0.6) is 11.8 Å². The summed E-state index contributed by atoms with van der Waals surface area (Å²) in [5.74, 6) is -0.108. The number of aromatic nitrogens is 5. The molecule has 3 atom stereocenters. The normalized spacial score (nSPS) is 21.9. The smallest absolute Gasteiger partial charge is 0.326 e. The number of benzene rings is 1. The second kappa shape index (κ2) is 7.17. The number of rotatable bonds is 4. The Morgan fingerprint density at radius 1 is 1.21 bits per heavy atom. The van der Waals surface area contributed by atoms with E-state index in [1.807, 2.05) is 0 Å². The fraction of sp³-hybridized carbons (Fsp3) is 0.304. The number of H-pyrrole nitrogens is 1. The maximum absolute atomic E-state index is 15.1. The molecule has 10 heteroatoms. The number of halogens is 2. The summed E-state index contributed by atoms with van der Waals surface area (Å²) < 4.78 is 35.4. The third kappa shape index (κ3) is 3.05. The molecule has 1 aromatic carbocycles. The molecule has 4 aromatic rings. The van der Waals surface area contributed by atoms with Crippen molar-refractivity contribution in [1.82, 2.24) is 24.9 Å². The van der Waals surface area contributed by atoms with Crippen LogP contribution in [0.2, 0.25) is 0 Å². The fourth-order valence-corrected chi connectivity index (χ4v) is 5.09. The van der Waals surface area contributed by atoms with E-state index in [0.717, 1.165) is 18.9 Å². The van der Waals surface area contributed by atoms with E-state index >= 15 is 4.39 Å². The number of nitrogens with two attached hydrogens (primary N) is 1. The first-order chi connectivity index (χ1) is 15.9. The molecule has 3 N–H and O–H groups in total. The SMILES string of the molecule is C=Cc1cc(F)c(F)c2c1[nH]c1nc(Oc3cnc(C)nc3)nc(N3C[C@H]4C[C@@H]3C[C@H]4N)c12. The van der Waals surface area contributed by atoms with Gasteiger partial charge in [-0.1, -0.05) is 12.7 Å². The zero-order valence-electron chi connectivity index (χ0n) is 17.8. The second-order valence-electron chi connectivity index (χ2n) is 8.66. The number of aryl methyl sites for hydroxylation is 1. The van der Waals surface area contributed by atoms with Gasteiger partial charge in [0.15, 0.2) is 17.4 Å². The van der Waals surface area contributed by atoms with Crippen molar-refractivity contribution in [2.75, 3.05) is 11.4 Å². The number of piperidine rings is 1. The number of anilines is 1. The fourth-order valence-electron chi connectivity index (χ4n) is 5.09. The lowest BCUT2D eigenvalue weighted by atomic mass is 10.0. The Morgan fingerprint density at radius 3 is 2.67 bits per heavy atom. The lowest BCUT2D eigenvalue weighted by Crippen LogP contribution is -2.41. The third-order valence-electron chi connectivity index (χ3n) is 6.67. The summed E-state index contributed by atoms with van der Waals surface area (Å²) in [5, 5.41) is 0.519. The molecule has 1 aliphatic heterocycles. The standard InChI is InChI=1S/C23H21F2N7O/c1-3-11-5-15(24)19(25)17-18-21(29-20(11)17)30-23(33-14-7-27-10(2)28-8-14)31-22(18)32-9-12-4-13(32)6-16(12)26/h3,5,7-8,12-13,16H,1,4,6,9,26H2,2H3,(H,29,30,31)/t12-,13-,16-/m1/s1. The van der Waals surface area contributed by atoms with Gasteiger partial charge < -0.3 is 20.4 Å². The summed E-state index contributed by atoms with van der Waals surface area (Å²) in [6.07, 6.45) is 6.29. The minimum atomic E-state index is -0.952. The van der Waals surface area contributed by atoms with Gasteiger partial charge in [-0.15, -0.1) is 0 Å². The lowest BCUT2D eigenvalue weighted by molar-refractivity contribution is 0.435. The second-order valence-corrected chi connectivity index (χ2v) is 8.66. The Bertz CT molecular complexity index is 1420. The zero-order valence-corrected chi connectivity index (χ0v) is 17.8. The van der Waals surface area contributed by atoms with Crippen LogP contribution in [0.25, 0.3) is 28.0 Å². The van der Waals surface area contributed by atoms with Gasteiger partial charge in [-0.05, 0) is 31.7 Å². The number of nitrogens with one attached hydrogen (secondary N) is 1. The van der Waals surface area contributed by atoms with Gasteiger partial charge in [-0.25, -0.2) is 18.7 Å². The van der Waals surface area contributed by atoms with Crippen molar-refractivity contribution in [3.8, 4) is 11.8 Å². The number of ether oxygens (including phenoxy) is 1. The summed E-state index contributed by atoms with van der Waals surface area (Å²) in [4.78, 5) is 22.6. The maximum Gasteiger partial charge on any atom is 0.326 e. The summed E-state index contributed by atoms with van der Waals surface area (Å²) >= 11 is 0. The van der Waals surface area contributed by atoms with Gasteiger partial charge in [-0.3, -0.25) is 0 Å². The van der Waals surface area contributed by atoms with E-state index < -0.39 is 11.6 Å². The van der Waals surface area contributed by atoms with E-state index in [2.05, 4.69) is 36.4 Å². The predicted octanol–water partition coefficient (Wildman–Crippen LogP) is 3.85. The molecule has 168 valence electrons. The highest BCUT2D eigenvalue weighted by atomic mass is 19.2. The Morgan fingerprint density at radius 2 is 2.00 bits per heavy atom. The maximum atomic E-state index is 15.1. The minimum absolute atomic E-state index is 0.0598. The Hall–Kier alpha value is -3.66. The van der Waals surface area contributed by atoms with Crippen LogP contribution in [-0.4, -0.2) is 43.5 Å². The zero-order chi connectivity index (χ0) is 22.9. The van der Waals surface area contributed by atoms with Crippen molar-refractivity contribution in [3.63, 3.8) is 0 Å². The third-order valence-corrected chi connectivity index (χ3v) is 6.67. The summed E-state index contributed by atoms with van der Waals surface area (Å²) in [6, 6.07) is 1.47. The highest BCUT2D eigenvalue weighted by Gasteiger charge is 2.44. The molecule has 2 fully saturated rings. The molecule has 1 saturated carbocycles. The lowest BCUT2D eigenvalue weighted by Gasteiger charge is -2.31. The molecule has 4 heterocycles. The van der Waals surface area contributed by atoms with E-state index in [1.165, 1.54) is 18.5 Å². The molecule has 1 aliphatic carbocycles. The van der Waals surface area contributed by atoms with Crippen LogP contribution in [0.3, 0.4) is 0 Å². The van der Waals surface area contributed by atoms with Gasteiger partial charge in [-0.2, -0.15) is 9.97 Å². The number of nitrogens with zero attached hydrogens (tertiary/aromatic N) is 5. The Balaban J connectivity index is 1.59. The van der Waals surface area contributed by atoms with Gasteiger partial charge >= 0.3 is 6.01 Å². The van der Waals surface area contributed by atoms with Crippen LogP contribution < -0.4 is 15.4 Å². The molecular formula is C23H21F2N7O. The van der Waals surface area contributed by atoms with Crippen LogP contribution in [0, 0.1) is 24.5 Å². The minimum Gasteiger partial charge on any atom is -0.421 e. The quantitative estimate of drug-likeness (QED) is 0.487. The summed E-state index contributed by atoms with van der Waals surface area (Å²) in [7, 11) is 0. The van der Waals surface area contributed by atoms with Crippen molar-refractivity contribution in [2.45, 2.75) is 31.8 Å². The molecule has 8 nitrogen and oxygen atoms in total. The molecule has 1 saturated heterocycles. The highest BCUT2D eigenvalue weighted by Crippen LogP contribution is 2.44. The van der Waals surface area contributed by atoms with E-state index in [9.17, 15) is 4.39 Å². The van der Waals surface area contributed by atoms with Gasteiger partial charge in [0, 0.05) is 24.2 Å². The van der Waals surface area contributed by atoms with Crippen molar-refractivity contribution in [3.05, 3.63) is 48.1 Å². The molecule has 0 radical (unpaired) electrons. The van der Waals surface area contributed by atoms with E-state index in [0.29, 0.717) is 52.0 Å². The van der Waals surface area contributed by atoms with Gasteiger partial charge in [0.1, 0.15) is 17.3 Å². The first kappa shape index (κ1) is 20.0. The van der Waals surface area contributed by atoms with Gasteiger partial charge in [0.2, 0.25) is 0 Å². The van der Waals surface area contributed by atoms with Gasteiger partial charge in [0.25, 0.3) is 0 Å². The first-order valence-corrected chi connectivity index (χ1v) is 10.8. The van der Waals surface area contributed by atoms with Crippen molar-refractivity contribution < 1.29 is 13.5 Å². The molecule has 0 unspecified atom stereocenters. The number of fused-ring (bicyclic) bond motifs is 5. The van der Waals surface area contributed by atoms with Crippen molar-refractivity contribution >= 4 is 33.8 Å². The molecule has 0 amide bonds. The van der Waals surface area contributed by atoms with Crippen LogP contribution in [-0.2, 0) is 0 Å². The topological polar surface area (TPSA) is 106 Å². The van der Waals surface area contributed by atoms with E-state index in [4.69, 9.17) is 10.5 Å². The molecule has 33 heavy (non-hydrogen) atoms. The van der Waals surface area contributed by atoms with Crippen LogP contribution >= 0.6 is 0 Å². The van der Waals surface area contributed by atoms with E-state index in [1.54, 1.807) is 6.92 Å². The number of hydrogen-bond acceptors (Lipinski definition) is 7. The molecule has 0 spiro atoms. The number of hydrogen-bond donors (Lipinski definition) is 2. The molecule has 2 bridgehead atoms. The Labute approximate surface area is 187 Å². The molecule has 2 aliphatic rings. The van der Waals surface area contributed by atoms with Crippen molar-refractivity contribution in [2.24, 2.45) is 11.7 Å². The monoisotopic (exact) mass is 449 g/mol. The molecule has 3 aromatic heterocycles. The first-order valence-electron chi connectivity index (χ1n) is 10.8.